The van der Waals surface area contributed by atoms with E-state index in [0.717, 1.165) is 44.3 Å². The predicted molar refractivity (Wildman–Crippen MR) is 116 cm³/mol. The largest absolute Gasteiger partial charge is 0.380 e. The number of nitrogens with one attached hydrogen (secondary N) is 2. The number of piperidine rings is 1. The van der Waals surface area contributed by atoms with E-state index < -0.39 is 0 Å². The molecule has 3 heterocycles. The Kier molecular flexibility index (Phi) is 6.43. The van der Waals surface area contributed by atoms with Crippen molar-refractivity contribution in [3.8, 4) is 0 Å². The number of hydrogen-bond donors (Lipinski definition) is 2. The van der Waals surface area contributed by atoms with Gasteiger partial charge in [0.15, 0.2) is 0 Å². The topological polar surface area (TPSA) is 98.1 Å². The first kappa shape index (κ1) is 20.9. The molecule has 0 radical (unpaired) electrons. The molecule has 30 heavy (non-hydrogen) atoms. The van der Waals surface area contributed by atoms with E-state index in [-0.39, 0.29) is 23.6 Å². The standard InChI is InChI=1S/C22H31N5O3/c1-14(30-2)11-24-22-25-12-18-20(26-22)19(15-3-5-17(28)6-4-15)13-27(21(18)29)16-7-9-23-10-8-16/h12-16,23H,3-11H2,1-2H3,(H,24,25,26). The number of rotatable bonds is 6. The first-order chi connectivity index (χ1) is 14.6. The minimum absolute atomic E-state index is 0.0238. The maximum Gasteiger partial charge on any atom is 0.261 e. The molecule has 1 saturated carbocycles. The lowest BCUT2D eigenvalue weighted by Crippen LogP contribution is -2.34. The zero-order valence-corrected chi connectivity index (χ0v) is 17.8. The highest BCUT2D eigenvalue weighted by molar-refractivity contribution is 5.83. The summed E-state index contributed by atoms with van der Waals surface area (Å²) in [5.74, 6) is 1.06. The molecule has 2 aromatic rings. The van der Waals surface area contributed by atoms with Gasteiger partial charge in [0, 0.05) is 44.9 Å². The van der Waals surface area contributed by atoms with Crippen LogP contribution in [0.2, 0.25) is 0 Å². The molecular formula is C22H31N5O3. The Morgan fingerprint density at radius 3 is 2.67 bits per heavy atom. The fraction of sp³-hybridized carbons (Fsp3) is 0.636. The Bertz CT molecular complexity index is 957. The van der Waals surface area contributed by atoms with Crippen LogP contribution in [0.5, 0.6) is 0 Å². The Labute approximate surface area is 176 Å². The predicted octanol–water partition coefficient (Wildman–Crippen LogP) is 2.39. The monoisotopic (exact) mass is 413 g/mol. The van der Waals surface area contributed by atoms with Crippen molar-refractivity contribution in [3.63, 3.8) is 0 Å². The van der Waals surface area contributed by atoms with Crippen molar-refractivity contribution in [2.75, 3.05) is 32.1 Å². The SMILES string of the molecule is COC(C)CNc1ncc2c(=O)n(C3CCNCC3)cc(C3CCC(=O)CC3)c2n1. The van der Waals surface area contributed by atoms with Crippen molar-refractivity contribution in [2.45, 2.75) is 63.5 Å². The molecule has 2 aromatic heterocycles. The molecule has 8 heteroatoms. The summed E-state index contributed by atoms with van der Waals surface area (Å²) in [4.78, 5) is 34.2. The van der Waals surface area contributed by atoms with Crippen molar-refractivity contribution in [2.24, 2.45) is 0 Å². The van der Waals surface area contributed by atoms with Gasteiger partial charge in [-0.2, -0.15) is 0 Å². The zero-order chi connectivity index (χ0) is 21.1. The maximum absolute atomic E-state index is 13.3. The molecule has 2 N–H and O–H groups in total. The molecule has 0 spiro atoms. The number of aromatic nitrogens is 3. The summed E-state index contributed by atoms with van der Waals surface area (Å²) in [5.41, 5.74) is 1.76. The molecule has 1 saturated heterocycles. The van der Waals surface area contributed by atoms with Gasteiger partial charge in [0.1, 0.15) is 5.78 Å². The summed E-state index contributed by atoms with van der Waals surface area (Å²) in [7, 11) is 1.67. The van der Waals surface area contributed by atoms with E-state index in [9.17, 15) is 9.59 Å². The third-order valence-corrected chi connectivity index (χ3v) is 6.44. The van der Waals surface area contributed by atoms with Crippen molar-refractivity contribution in [1.29, 1.82) is 0 Å². The van der Waals surface area contributed by atoms with Crippen molar-refractivity contribution < 1.29 is 9.53 Å². The maximum atomic E-state index is 13.3. The second kappa shape index (κ2) is 9.22. The van der Waals surface area contributed by atoms with Gasteiger partial charge in [0.2, 0.25) is 5.95 Å². The number of ketones is 1. The summed E-state index contributed by atoms with van der Waals surface area (Å²) >= 11 is 0. The van der Waals surface area contributed by atoms with E-state index in [1.165, 1.54) is 0 Å². The van der Waals surface area contributed by atoms with E-state index in [1.54, 1.807) is 13.3 Å². The van der Waals surface area contributed by atoms with Crippen LogP contribution in [0.1, 0.15) is 63.0 Å². The van der Waals surface area contributed by atoms with Crippen molar-refractivity contribution in [3.05, 3.63) is 28.3 Å². The van der Waals surface area contributed by atoms with Gasteiger partial charge in [-0.25, -0.2) is 9.97 Å². The van der Waals surface area contributed by atoms with Gasteiger partial charge in [-0.3, -0.25) is 9.59 Å². The zero-order valence-electron chi connectivity index (χ0n) is 17.8. The quantitative estimate of drug-likeness (QED) is 0.750. The first-order valence-electron chi connectivity index (χ1n) is 11.0. The van der Waals surface area contributed by atoms with E-state index in [2.05, 4.69) is 15.6 Å². The van der Waals surface area contributed by atoms with E-state index in [0.29, 0.717) is 42.0 Å². The van der Waals surface area contributed by atoms with Crippen LogP contribution in [0, 0.1) is 0 Å². The number of carbonyl (C=O) groups is 1. The number of ether oxygens (including phenoxy) is 1. The lowest BCUT2D eigenvalue weighted by atomic mass is 9.83. The lowest BCUT2D eigenvalue weighted by Gasteiger charge is -2.28. The average molecular weight is 414 g/mol. The fourth-order valence-electron chi connectivity index (χ4n) is 4.48. The highest BCUT2D eigenvalue weighted by atomic mass is 16.5. The van der Waals surface area contributed by atoms with Crippen LogP contribution >= 0.6 is 0 Å². The molecule has 1 aliphatic heterocycles. The van der Waals surface area contributed by atoms with Gasteiger partial charge in [0.25, 0.3) is 5.56 Å². The molecule has 1 aliphatic carbocycles. The number of nitrogens with zero attached hydrogens (tertiary/aromatic N) is 3. The van der Waals surface area contributed by atoms with Gasteiger partial charge in [-0.05, 0) is 57.2 Å². The molecular weight excluding hydrogens is 382 g/mol. The summed E-state index contributed by atoms with van der Waals surface area (Å²) in [5, 5.41) is 7.13. The molecule has 162 valence electrons. The number of hydrogen-bond acceptors (Lipinski definition) is 7. The Balaban J connectivity index is 1.77. The third kappa shape index (κ3) is 4.39. The van der Waals surface area contributed by atoms with E-state index >= 15 is 0 Å². The number of fused-ring (bicyclic) bond motifs is 1. The summed E-state index contributed by atoms with van der Waals surface area (Å²) < 4.78 is 7.18. The van der Waals surface area contributed by atoms with E-state index in [1.807, 2.05) is 17.7 Å². The average Bonchev–Trinajstić information content (AvgIpc) is 2.79. The summed E-state index contributed by atoms with van der Waals surface area (Å²) in [6.07, 6.45) is 8.39. The highest BCUT2D eigenvalue weighted by Crippen LogP contribution is 2.35. The van der Waals surface area contributed by atoms with Crippen molar-refractivity contribution >= 4 is 22.6 Å². The second-order valence-electron chi connectivity index (χ2n) is 8.47. The molecule has 0 amide bonds. The van der Waals surface area contributed by atoms with Crippen LogP contribution in [0.4, 0.5) is 5.95 Å². The van der Waals surface area contributed by atoms with Gasteiger partial charge in [0.05, 0.1) is 17.0 Å². The number of pyridine rings is 1. The van der Waals surface area contributed by atoms with E-state index in [4.69, 9.17) is 9.72 Å². The normalized spacial score (nSPS) is 19.9. The van der Waals surface area contributed by atoms with Crippen molar-refractivity contribution in [1.82, 2.24) is 19.9 Å². The Hall–Kier alpha value is -2.32. The van der Waals surface area contributed by atoms with Gasteiger partial charge >= 0.3 is 0 Å². The third-order valence-electron chi connectivity index (χ3n) is 6.44. The van der Waals surface area contributed by atoms with Crippen LogP contribution in [0.3, 0.4) is 0 Å². The number of anilines is 1. The van der Waals surface area contributed by atoms with Crippen LogP contribution in [0.25, 0.3) is 10.9 Å². The number of methoxy groups -OCH3 is 1. The van der Waals surface area contributed by atoms with Crippen LogP contribution in [0.15, 0.2) is 17.2 Å². The number of carbonyl (C=O) groups excluding carboxylic acids is 1. The Morgan fingerprint density at radius 2 is 1.97 bits per heavy atom. The molecule has 1 atom stereocenters. The Morgan fingerprint density at radius 1 is 1.23 bits per heavy atom. The highest BCUT2D eigenvalue weighted by Gasteiger charge is 2.26. The smallest absolute Gasteiger partial charge is 0.261 e. The molecule has 2 fully saturated rings. The number of Topliss-reactive ketones (excluding diaryl/α,β-unsaturated/α-hetero) is 1. The minimum Gasteiger partial charge on any atom is -0.380 e. The van der Waals surface area contributed by atoms with Gasteiger partial charge < -0.3 is 19.9 Å². The van der Waals surface area contributed by atoms with Crippen LogP contribution in [-0.2, 0) is 9.53 Å². The van der Waals surface area contributed by atoms with Crippen LogP contribution < -0.4 is 16.2 Å². The molecule has 4 rings (SSSR count). The molecule has 0 aromatic carbocycles. The van der Waals surface area contributed by atoms with Crippen LogP contribution in [-0.4, -0.2) is 53.2 Å². The lowest BCUT2D eigenvalue weighted by molar-refractivity contribution is -0.120. The first-order valence-corrected chi connectivity index (χ1v) is 11.0. The van der Waals surface area contributed by atoms with Gasteiger partial charge in [-0.1, -0.05) is 0 Å². The molecule has 2 aliphatic rings. The summed E-state index contributed by atoms with van der Waals surface area (Å²) in [6.45, 7) is 4.39. The summed E-state index contributed by atoms with van der Waals surface area (Å²) in [6, 6.07) is 0.187. The van der Waals surface area contributed by atoms with Gasteiger partial charge in [-0.15, -0.1) is 0 Å². The molecule has 1 unspecified atom stereocenters. The molecule has 8 nitrogen and oxygen atoms in total. The second-order valence-corrected chi connectivity index (χ2v) is 8.47. The minimum atomic E-state index is -0.0238. The fourth-order valence-corrected chi connectivity index (χ4v) is 4.48. The molecule has 0 bridgehead atoms.